The van der Waals surface area contributed by atoms with Gasteiger partial charge in [-0.15, -0.1) is 10.2 Å². The van der Waals surface area contributed by atoms with Gasteiger partial charge in [0.25, 0.3) is 0 Å². The van der Waals surface area contributed by atoms with Crippen molar-refractivity contribution in [1.29, 1.82) is 0 Å². The third-order valence-electron chi connectivity index (χ3n) is 17.1. The molecule has 22 heteroatoms. The third kappa shape index (κ3) is 16.5. The van der Waals surface area contributed by atoms with Gasteiger partial charge in [-0.1, -0.05) is 91.2 Å². The maximum Gasteiger partial charge on any atom is 0.246 e. The quantitative estimate of drug-likeness (QED) is 0.0217. The van der Waals surface area contributed by atoms with Gasteiger partial charge in [0.2, 0.25) is 35.4 Å². The maximum absolute atomic E-state index is 14.3. The van der Waals surface area contributed by atoms with Crippen LogP contribution >= 0.6 is 0 Å². The van der Waals surface area contributed by atoms with Crippen LogP contribution in [0.5, 0.6) is 0 Å². The topological polar surface area (TPSA) is 240 Å². The minimum atomic E-state index is -0.972. The van der Waals surface area contributed by atoms with Gasteiger partial charge in [0, 0.05) is 31.4 Å². The Labute approximate surface area is 491 Å². The summed E-state index contributed by atoms with van der Waals surface area (Å²) in [5.74, 6) is -2.64. The molecule has 4 aliphatic rings. The van der Waals surface area contributed by atoms with Gasteiger partial charge in [-0.3, -0.25) is 38.5 Å². The summed E-state index contributed by atoms with van der Waals surface area (Å²) in [6.07, 6.45) is 15.6. The minimum Gasteiger partial charge on any atom is -0.343 e. The molecule has 4 aliphatic heterocycles. The van der Waals surface area contributed by atoms with E-state index in [9.17, 15) is 37.5 Å². The van der Waals surface area contributed by atoms with Crippen LogP contribution in [0.4, 0.5) is 8.78 Å². The van der Waals surface area contributed by atoms with E-state index in [-0.39, 0.29) is 41.6 Å². The molecule has 0 spiro atoms. The van der Waals surface area contributed by atoms with Crippen LogP contribution in [0.25, 0.3) is 0 Å². The number of benzene rings is 3. The van der Waals surface area contributed by atoms with Crippen molar-refractivity contribution in [2.75, 3.05) is 20.6 Å². The summed E-state index contributed by atoms with van der Waals surface area (Å²) in [6, 6.07) is 15.3. The van der Waals surface area contributed by atoms with Gasteiger partial charge in [-0.25, -0.2) is 8.78 Å². The van der Waals surface area contributed by atoms with E-state index in [4.69, 9.17) is 0 Å². The van der Waals surface area contributed by atoms with Crippen molar-refractivity contribution < 1.29 is 37.5 Å². The van der Waals surface area contributed by atoms with Gasteiger partial charge in [0.15, 0.2) is 6.17 Å². The number of carbonyl (C=O) groups is 6. The Morgan fingerprint density at radius 2 is 1.14 bits per heavy atom. The summed E-state index contributed by atoms with van der Waals surface area (Å²) < 4.78 is 30.0. The van der Waals surface area contributed by atoms with Crippen molar-refractivity contribution >= 4 is 35.4 Å². The van der Waals surface area contributed by atoms with Crippen molar-refractivity contribution in [3.05, 3.63) is 131 Å². The first-order chi connectivity index (χ1) is 40.6. The second-order valence-electron chi connectivity index (χ2n) is 22.8. The van der Waals surface area contributed by atoms with Crippen molar-refractivity contribution in [2.24, 2.45) is 10.3 Å². The molecule has 4 saturated heterocycles. The number of aromatic nitrogens is 3. The molecule has 4 aromatic rings. The molecule has 5 heterocycles. The van der Waals surface area contributed by atoms with Crippen LogP contribution in [-0.2, 0) is 48.2 Å². The lowest BCUT2D eigenvalue weighted by Gasteiger charge is -2.36. The Morgan fingerprint density at radius 3 is 1.65 bits per heavy atom. The number of likely N-dealkylation sites (N-methyl/N-ethyl adjacent to an activating group) is 2. The van der Waals surface area contributed by atoms with E-state index < -0.39 is 66.0 Å². The molecule has 452 valence electrons. The molecule has 1 unspecified atom stereocenters. The molecule has 3 aromatic carbocycles. The van der Waals surface area contributed by atoms with Crippen LogP contribution < -0.4 is 31.9 Å². The lowest BCUT2D eigenvalue weighted by atomic mass is 9.98. The van der Waals surface area contributed by atoms with E-state index >= 15 is 0 Å². The highest BCUT2D eigenvalue weighted by atomic mass is 19.1. The summed E-state index contributed by atoms with van der Waals surface area (Å²) in [6.45, 7) is 8.49. The predicted molar refractivity (Wildman–Crippen MR) is 313 cm³/mol. The van der Waals surface area contributed by atoms with E-state index in [1.54, 1.807) is 84.1 Å². The molecule has 8 rings (SSSR count). The zero-order valence-corrected chi connectivity index (χ0v) is 49.0. The number of hydrogen-bond acceptors (Lipinski definition) is 12. The fourth-order valence-electron chi connectivity index (χ4n) is 11.9. The first-order valence-corrected chi connectivity index (χ1v) is 30.1. The van der Waals surface area contributed by atoms with Gasteiger partial charge in [0.05, 0.1) is 24.3 Å². The van der Waals surface area contributed by atoms with Crippen LogP contribution in [0, 0.1) is 11.6 Å². The molecule has 4 fully saturated rings. The van der Waals surface area contributed by atoms with E-state index in [2.05, 4.69) is 83.4 Å². The summed E-state index contributed by atoms with van der Waals surface area (Å²) in [5.41, 5.74) is 4.04. The Balaban J connectivity index is 0.802. The molecule has 1 aromatic heterocycles. The molecule has 0 aliphatic carbocycles. The van der Waals surface area contributed by atoms with Gasteiger partial charge >= 0.3 is 0 Å². The van der Waals surface area contributed by atoms with Crippen molar-refractivity contribution in [3.8, 4) is 0 Å². The Bertz CT molecular complexity index is 2890. The normalized spacial score (nSPS) is 22.3. The molecule has 6 amide bonds. The summed E-state index contributed by atoms with van der Waals surface area (Å²) in [5, 5.41) is 37.2. The Morgan fingerprint density at radius 1 is 0.655 bits per heavy atom. The molecule has 20 nitrogen and oxygen atoms in total. The van der Waals surface area contributed by atoms with Gasteiger partial charge < -0.3 is 41.7 Å². The molecule has 0 radical (unpaired) electrons. The first-order valence-electron chi connectivity index (χ1n) is 30.1. The average Bonchev–Trinajstić information content (AvgIpc) is 4.45. The fourth-order valence-corrected chi connectivity index (χ4v) is 11.9. The van der Waals surface area contributed by atoms with E-state index in [1.807, 2.05) is 0 Å². The smallest absolute Gasteiger partial charge is 0.246 e. The van der Waals surface area contributed by atoms with Crippen molar-refractivity contribution in [1.82, 2.24) is 61.7 Å². The number of rotatable bonds is 26. The lowest BCUT2D eigenvalue weighted by molar-refractivity contribution is -0.144. The number of hydrogen-bond donors (Lipinski definition) is 6. The summed E-state index contributed by atoms with van der Waals surface area (Å²) >= 11 is 0. The van der Waals surface area contributed by atoms with Crippen molar-refractivity contribution in [3.63, 3.8) is 0 Å². The van der Waals surface area contributed by atoms with Crippen molar-refractivity contribution in [2.45, 2.75) is 197 Å². The number of amides is 6. The van der Waals surface area contributed by atoms with Gasteiger partial charge in [0.1, 0.15) is 41.5 Å². The average molecular weight is 1160 g/mol. The molecule has 84 heavy (non-hydrogen) atoms. The third-order valence-corrected chi connectivity index (χ3v) is 17.1. The van der Waals surface area contributed by atoms with Gasteiger partial charge in [-0.2, -0.15) is 0 Å². The number of halogens is 2. The number of fused-ring (bicyclic) bond motifs is 2. The number of carbonyl (C=O) groups excluding carboxylic acids is 6. The van der Waals surface area contributed by atoms with Crippen LogP contribution in [0.2, 0.25) is 0 Å². The first kappa shape index (κ1) is 62.6. The lowest BCUT2D eigenvalue weighted by Crippen LogP contribution is -2.58. The standard InChI is InChI=1S/C62H84F2N14O6/c1-6-75(74-72-56(45-27-31-47(64)32-28-45)70-60(82)54-36-34-49-18-8-10-20-51(62(84)78(49)54)68-58(80)41(3)66-5)37-13-11-15-42-21-23-43(24-22-42)16-12-14-38-76-39-52(71-73-76)55(44-25-29-46(63)30-26-44)69-59(81)53-35-33-48-17-7-9-19-50(61(83)77(48)53)67-57(79)40(2)65-4/h6,21-32,39-41,48-51,53-56,65-66H,1,7-20,33-38H2,2-5H3,(H,67,79)(H,68,80)(H,69,81)(H,70,82)/t40-,41-,48-,49-,50-,51-,53-,54-,55-,56?/m0/s1. The summed E-state index contributed by atoms with van der Waals surface area (Å²) in [7, 11) is 3.37. The Kier molecular flexibility index (Phi) is 22.6. The molecular weight excluding hydrogens is 1070 g/mol. The monoisotopic (exact) mass is 1160 g/mol. The number of unbranched alkanes of at least 4 members (excludes halogenated alkanes) is 2. The fraction of sp³-hybridized carbons (Fsp3) is 0.548. The zero-order valence-electron chi connectivity index (χ0n) is 49.0. The van der Waals surface area contributed by atoms with Crippen LogP contribution in [0.1, 0.15) is 157 Å². The van der Waals surface area contributed by atoms with E-state index in [1.165, 1.54) is 35.4 Å². The number of nitrogens with zero attached hydrogens (tertiary/aromatic N) is 8. The highest BCUT2D eigenvalue weighted by Gasteiger charge is 2.46. The van der Waals surface area contributed by atoms with Gasteiger partial charge in [-0.05, 0) is 164 Å². The highest BCUT2D eigenvalue weighted by molar-refractivity contribution is 5.95. The second kappa shape index (κ2) is 30.4. The zero-order chi connectivity index (χ0) is 59.7. The number of aryl methyl sites for hydroxylation is 3. The molecule has 0 bridgehead atoms. The van der Waals surface area contributed by atoms with Crippen LogP contribution in [-0.4, -0.2) is 134 Å². The molecule has 10 atom stereocenters. The number of nitrogens with one attached hydrogen (secondary N) is 6. The second-order valence-corrected chi connectivity index (χ2v) is 22.8. The van der Waals surface area contributed by atoms with Crippen LogP contribution in [0.15, 0.2) is 102 Å². The van der Waals surface area contributed by atoms with E-state index in [0.717, 1.165) is 77.0 Å². The largest absolute Gasteiger partial charge is 0.343 e. The van der Waals surface area contributed by atoms with E-state index in [0.29, 0.717) is 68.4 Å². The molecule has 0 saturated carbocycles. The Hall–Kier alpha value is -7.46. The summed E-state index contributed by atoms with van der Waals surface area (Å²) in [4.78, 5) is 85.6. The SMILES string of the molecule is C=CN(CCCCc1ccc(CCCCn2cc([C@@H](NC(=O)[C@@H]3CC[C@@H]4CCCC[C@H](NC(=O)[C@H](C)NC)C(=O)N43)c3ccc(F)cc3)nn2)cc1)N=NC(NC(=O)[C@@H]1CC[C@@H]2CCCC[C@H](NC(=O)[C@H](C)NC)C(=O)N21)c1ccc(F)cc1. The molecule has 6 N–H and O–H groups in total. The highest BCUT2D eigenvalue weighted by Crippen LogP contribution is 2.34. The minimum absolute atomic E-state index is 0.109. The van der Waals surface area contributed by atoms with Crippen LogP contribution in [0.3, 0.4) is 0 Å². The molecular formula is C62H84F2N14O6. The maximum atomic E-state index is 14.3. The predicted octanol–water partition coefficient (Wildman–Crippen LogP) is 6.79.